The Labute approximate surface area is 130 Å². The molecule has 0 aliphatic rings. The van der Waals surface area contributed by atoms with Gasteiger partial charge < -0.3 is 11.1 Å². The minimum atomic E-state index is 0.103. The lowest BCUT2D eigenvalue weighted by atomic mass is 10.0. The Bertz CT molecular complexity index is 570. The number of aryl methyl sites for hydroxylation is 1. The van der Waals surface area contributed by atoms with E-state index in [1.165, 1.54) is 11.1 Å². The quantitative estimate of drug-likeness (QED) is 0.807. The van der Waals surface area contributed by atoms with Crippen LogP contribution in [0.4, 0.5) is 5.69 Å². The van der Waals surface area contributed by atoms with Crippen molar-refractivity contribution in [1.82, 2.24) is 0 Å². The molecule has 0 amide bonds. The number of rotatable bonds is 4. The first-order chi connectivity index (χ1) is 9.10. The molecule has 2 nitrogen and oxygen atoms in total. The summed E-state index contributed by atoms with van der Waals surface area (Å²) in [6, 6.07) is 14.5. The van der Waals surface area contributed by atoms with Gasteiger partial charge >= 0.3 is 0 Å². The molecule has 0 aromatic heterocycles. The molecule has 0 saturated heterocycles. The summed E-state index contributed by atoms with van der Waals surface area (Å²) in [5, 5.41) is 3.46. The van der Waals surface area contributed by atoms with Crippen LogP contribution in [0.3, 0.4) is 0 Å². The first-order valence-electron chi connectivity index (χ1n) is 6.08. The van der Waals surface area contributed by atoms with Crippen molar-refractivity contribution < 1.29 is 0 Å². The van der Waals surface area contributed by atoms with E-state index >= 15 is 0 Å². The van der Waals surface area contributed by atoms with Gasteiger partial charge in [0.25, 0.3) is 0 Å². The zero-order valence-electron chi connectivity index (χ0n) is 10.7. The van der Waals surface area contributed by atoms with Gasteiger partial charge in [-0.2, -0.15) is 0 Å². The number of nitrogens with two attached hydrogens (primary N) is 1. The summed E-state index contributed by atoms with van der Waals surface area (Å²) in [6.07, 6.45) is 0. The number of hydrogen-bond acceptors (Lipinski definition) is 2. The Hall–Kier alpha value is -0.840. The molecule has 0 aliphatic heterocycles. The van der Waals surface area contributed by atoms with Gasteiger partial charge in [0.15, 0.2) is 0 Å². The van der Waals surface area contributed by atoms with Crippen molar-refractivity contribution in [3.63, 3.8) is 0 Å². The molecule has 2 aromatic rings. The Kier molecular flexibility index (Phi) is 5.02. The second kappa shape index (κ2) is 6.55. The third kappa shape index (κ3) is 3.81. The van der Waals surface area contributed by atoms with Gasteiger partial charge in [-0.15, -0.1) is 0 Å². The van der Waals surface area contributed by atoms with Crippen molar-refractivity contribution in [3.8, 4) is 0 Å². The van der Waals surface area contributed by atoms with Crippen LogP contribution < -0.4 is 11.1 Å². The molecule has 0 fully saturated rings. The molecule has 0 radical (unpaired) electrons. The fraction of sp³-hybridized carbons (Fsp3) is 0.200. The lowest BCUT2D eigenvalue weighted by Gasteiger charge is -2.19. The van der Waals surface area contributed by atoms with E-state index in [0.717, 1.165) is 14.6 Å². The Morgan fingerprint density at radius 3 is 2.58 bits per heavy atom. The minimum Gasteiger partial charge on any atom is -0.377 e. The summed E-state index contributed by atoms with van der Waals surface area (Å²) in [5.74, 6) is 0. The lowest BCUT2D eigenvalue weighted by molar-refractivity contribution is 0.789. The van der Waals surface area contributed by atoms with Crippen LogP contribution in [0.25, 0.3) is 0 Å². The molecule has 0 saturated carbocycles. The van der Waals surface area contributed by atoms with Crippen LogP contribution in [0.1, 0.15) is 17.2 Å². The number of hydrogen-bond donors (Lipinski definition) is 2. The molecule has 0 spiro atoms. The molecule has 2 aromatic carbocycles. The highest BCUT2D eigenvalue weighted by atomic mass is 79.9. The van der Waals surface area contributed by atoms with E-state index in [1.807, 2.05) is 24.3 Å². The van der Waals surface area contributed by atoms with E-state index in [0.29, 0.717) is 6.54 Å². The van der Waals surface area contributed by atoms with Crippen LogP contribution in [0, 0.1) is 6.92 Å². The average molecular weight is 384 g/mol. The molecule has 0 heterocycles. The molecule has 0 bridgehead atoms. The zero-order valence-corrected chi connectivity index (χ0v) is 13.8. The van der Waals surface area contributed by atoms with Gasteiger partial charge in [0.2, 0.25) is 0 Å². The molecular formula is C15H16Br2N2. The van der Waals surface area contributed by atoms with Crippen molar-refractivity contribution in [3.05, 3.63) is 62.5 Å². The van der Waals surface area contributed by atoms with Crippen LogP contribution in [0.2, 0.25) is 0 Å². The van der Waals surface area contributed by atoms with E-state index in [1.54, 1.807) is 0 Å². The molecule has 2 rings (SSSR count). The third-order valence-corrected chi connectivity index (χ3v) is 4.35. The second-order valence-electron chi connectivity index (χ2n) is 4.45. The van der Waals surface area contributed by atoms with Crippen molar-refractivity contribution in [2.75, 3.05) is 11.9 Å². The van der Waals surface area contributed by atoms with E-state index in [2.05, 4.69) is 62.3 Å². The van der Waals surface area contributed by atoms with E-state index in [-0.39, 0.29) is 6.04 Å². The smallest absolute Gasteiger partial charge is 0.0636 e. The molecule has 1 atom stereocenters. The molecule has 100 valence electrons. The summed E-state index contributed by atoms with van der Waals surface area (Å²) in [7, 11) is 0. The fourth-order valence-electron chi connectivity index (χ4n) is 1.88. The molecule has 0 aliphatic carbocycles. The Balaban J connectivity index is 2.22. The summed E-state index contributed by atoms with van der Waals surface area (Å²) in [5.41, 5.74) is 9.35. The summed E-state index contributed by atoms with van der Waals surface area (Å²) in [6.45, 7) is 2.62. The van der Waals surface area contributed by atoms with Gasteiger partial charge in [-0.05, 0) is 42.3 Å². The van der Waals surface area contributed by atoms with Gasteiger partial charge in [0.05, 0.1) is 6.04 Å². The monoisotopic (exact) mass is 382 g/mol. The highest BCUT2D eigenvalue weighted by Crippen LogP contribution is 2.25. The van der Waals surface area contributed by atoms with E-state index < -0.39 is 0 Å². The molecular weight excluding hydrogens is 368 g/mol. The van der Waals surface area contributed by atoms with Crippen molar-refractivity contribution in [2.45, 2.75) is 13.0 Å². The number of nitrogens with one attached hydrogen (secondary N) is 1. The number of anilines is 1. The standard InChI is InChI=1S/C15H16Br2N2/c1-10-5-6-11(7-14(10)17)15(9-18)19-13-4-2-3-12(16)8-13/h2-8,15,19H,9,18H2,1H3. The highest BCUT2D eigenvalue weighted by molar-refractivity contribution is 9.10. The van der Waals surface area contributed by atoms with E-state index in [4.69, 9.17) is 5.73 Å². The minimum absolute atomic E-state index is 0.103. The van der Waals surface area contributed by atoms with Gasteiger partial charge in [-0.1, -0.05) is 50.1 Å². The predicted molar refractivity (Wildman–Crippen MR) is 88.4 cm³/mol. The highest BCUT2D eigenvalue weighted by Gasteiger charge is 2.10. The van der Waals surface area contributed by atoms with Gasteiger partial charge in [-0.3, -0.25) is 0 Å². The topological polar surface area (TPSA) is 38.0 Å². The summed E-state index contributed by atoms with van der Waals surface area (Å²) >= 11 is 7.04. The molecule has 3 N–H and O–H groups in total. The zero-order chi connectivity index (χ0) is 13.8. The average Bonchev–Trinajstić information content (AvgIpc) is 2.39. The maximum absolute atomic E-state index is 5.89. The van der Waals surface area contributed by atoms with Crippen LogP contribution in [0.5, 0.6) is 0 Å². The first-order valence-corrected chi connectivity index (χ1v) is 7.67. The van der Waals surface area contributed by atoms with Gasteiger partial charge in [0, 0.05) is 21.2 Å². The summed E-state index contributed by atoms with van der Waals surface area (Å²) < 4.78 is 2.16. The van der Waals surface area contributed by atoms with Crippen molar-refractivity contribution in [1.29, 1.82) is 0 Å². The first kappa shape index (κ1) is 14.6. The van der Waals surface area contributed by atoms with Gasteiger partial charge in [-0.25, -0.2) is 0 Å². The van der Waals surface area contributed by atoms with Crippen LogP contribution in [0.15, 0.2) is 51.4 Å². The molecule has 1 unspecified atom stereocenters. The predicted octanol–water partition coefficient (Wildman–Crippen LogP) is 4.63. The SMILES string of the molecule is Cc1ccc(C(CN)Nc2cccc(Br)c2)cc1Br. The van der Waals surface area contributed by atoms with Crippen LogP contribution >= 0.6 is 31.9 Å². The molecule has 4 heteroatoms. The maximum Gasteiger partial charge on any atom is 0.0636 e. The largest absolute Gasteiger partial charge is 0.377 e. The van der Waals surface area contributed by atoms with Crippen LogP contribution in [-0.4, -0.2) is 6.54 Å². The third-order valence-electron chi connectivity index (χ3n) is 3.00. The second-order valence-corrected chi connectivity index (χ2v) is 6.22. The lowest BCUT2D eigenvalue weighted by Crippen LogP contribution is -2.20. The van der Waals surface area contributed by atoms with Crippen LogP contribution in [-0.2, 0) is 0 Å². The molecule has 19 heavy (non-hydrogen) atoms. The number of benzene rings is 2. The maximum atomic E-state index is 5.89. The Morgan fingerprint density at radius 2 is 1.95 bits per heavy atom. The van der Waals surface area contributed by atoms with E-state index in [9.17, 15) is 0 Å². The van der Waals surface area contributed by atoms with Gasteiger partial charge in [0.1, 0.15) is 0 Å². The summed E-state index contributed by atoms with van der Waals surface area (Å²) in [4.78, 5) is 0. The normalized spacial score (nSPS) is 12.2. The number of halogens is 2. The van der Waals surface area contributed by atoms with Crippen molar-refractivity contribution in [2.24, 2.45) is 5.73 Å². The van der Waals surface area contributed by atoms with Crippen molar-refractivity contribution >= 4 is 37.5 Å². The Morgan fingerprint density at radius 1 is 1.16 bits per heavy atom. The fourth-order valence-corrected chi connectivity index (χ4v) is 2.68.